The van der Waals surface area contributed by atoms with E-state index in [2.05, 4.69) is 16.9 Å². The van der Waals surface area contributed by atoms with Crippen LogP contribution in [0, 0.1) is 0 Å². The highest BCUT2D eigenvalue weighted by Crippen LogP contribution is 2.35. The van der Waals surface area contributed by atoms with E-state index in [1.54, 1.807) is 6.07 Å². The lowest BCUT2D eigenvalue weighted by atomic mass is 9.81. The Morgan fingerprint density at radius 1 is 0.848 bits per heavy atom. The molecule has 3 aromatic carbocycles. The molecule has 33 heavy (non-hydrogen) atoms. The van der Waals surface area contributed by atoms with Crippen LogP contribution in [-0.2, 0) is 12.8 Å². The Labute approximate surface area is 216 Å². The highest BCUT2D eigenvalue weighted by atomic mass is 35.5. The maximum absolute atomic E-state index is 6.20. The Morgan fingerprint density at radius 2 is 1.45 bits per heavy atom. The van der Waals surface area contributed by atoms with Crippen molar-refractivity contribution in [3.05, 3.63) is 121 Å². The standard InChI is InChI=1S/C14H11BCl2.C12H12Cl2N2/c15-9-12(10-5-1-3-7-13(10)16)11-6-2-4-8-14(11)17;1-2-10-7-15-12(16-10)5-8-3-4-9(13)6-11(8)14/h1-8,12H,9H2;3-4,6-7H,2,5H2,1H3,(H,15,16). The van der Waals surface area contributed by atoms with Gasteiger partial charge in [0.15, 0.2) is 0 Å². The van der Waals surface area contributed by atoms with E-state index in [0.717, 1.165) is 44.7 Å². The van der Waals surface area contributed by atoms with Crippen molar-refractivity contribution in [3.8, 4) is 0 Å². The van der Waals surface area contributed by atoms with Crippen LogP contribution in [0.1, 0.15) is 41.1 Å². The summed E-state index contributed by atoms with van der Waals surface area (Å²) in [7, 11) is 5.86. The Bertz CT molecular complexity index is 1150. The Hall–Kier alpha value is -1.91. The first-order chi connectivity index (χ1) is 15.9. The van der Waals surface area contributed by atoms with Crippen molar-refractivity contribution in [2.45, 2.75) is 32.0 Å². The third kappa shape index (κ3) is 7.04. The zero-order valence-corrected chi connectivity index (χ0v) is 21.2. The predicted octanol–water partition coefficient (Wildman–Crippen LogP) is 8.58. The molecule has 0 spiro atoms. The van der Waals surface area contributed by atoms with Crippen molar-refractivity contribution >= 4 is 54.3 Å². The molecule has 0 atom stereocenters. The van der Waals surface area contributed by atoms with E-state index in [-0.39, 0.29) is 5.92 Å². The summed E-state index contributed by atoms with van der Waals surface area (Å²) >= 11 is 24.3. The molecule has 0 bridgehead atoms. The monoisotopic (exact) mass is 514 g/mol. The van der Waals surface area contributed by atoms with Crippen LogP contribution in [0.25, 0.3) is 0 Å². The fourth-order valence-corrected chi connectivity index (χ4v) is 4.47. The van der Waals surface area contributed by atoms with Gasteiger partial charge >= 0.3 is 0 Å². The average molecular weight is 516 g/mol. The molecule has 1 aromatic heterocycles. The van der Waals surface area contributed by atoms with Gasteiger partial charge in [0.25, 0.3) is 0 Å². The van der Waals surface area contributed by atoms with Crippen molar-refractivity contribution < 1.29 is 0 Å². The van der Waals surface area contributed by atoms with Gasteiger partial charge in [-0.25, -0.2) is 4.98 Å². The summed E-state index contributed by atoms with van der Waals surface area (Å²) in [5.41, 5.74) is 4.21. The molecular weight excluding hydrogens is 493 g/mol. The van der Waals surface area contributed by atoms with Crippen LogP contribution in [0.5, 0.6) is 0 Å². The Balaban J connectivity index is 0.000000186. The fraction of sp³-hybridized carbons (Fsp3) is 0.192. The van der Waals surface area contributed by atoms with Crippen molar-refractivity contribution in [2.75, 3.05) is 0 Å². The van der Waals surface area contributed by atoms with Gasteiger partial charge in [-0.1, -0.05) is 102 Å². The van der Waals surface area contributed by atoms with Gasteiger partial charge in [0.2, 0.25) is 0 Å². The highest BCUT2D eigenvalue weighted by molar-refractivity contribution is 6.35. The molecule has 0 aliphatic rings. The summed E-state index contributed by atoms with van der Waals surface area (Å²) < 4.78 is 0. The molecular formula is C26H23BCl4N2. The van der Waals surface area contributed by atoms with Crippen LogP contribution >= 0.6 is 46.4 Å². The smallest absolute Gasteiger partial charge is 0.110 e. The van der Waals surface area contributed by atoms with Crippen molar-refractivity contribution in [1.29, 1.82) is 0 Å². The van der Waals surface area contributed by atoms with Gasteiger partial charge in [0.1, 0.15) is 5.82 Å². The van der Waals surface area contributed by atoms with Gasteiger partial charge in [-0.15, -0.1) is 0 Å². The molecule has 0 fully saturated rings. The van der Waals surface area contributed by atoms with E-state index in [0.29, 0.717) is 22.8 Å². The molecule has 1 heterocycles. The third-order valence-corrected chi connectivity index (χ3v) is 6.51. The summed E-state index contributed by atoms with van der Waals surface area (Å²) in [5, 5.41) is 2.79. The number of benzene rings is 3. The molecule has 0 saturated carbocycles. The number of nitrogens with one attached hydrogen (secondary N) is 1. The van der Waals surface area contributed by atoms with E-state index in [1.165, 1.54) is 0 Å². The van der Waals surface area contributed by atoms with Crippen molar-refractivity contribution in [1.82, 2.24) is 9.97 Å². The number of imidazole rings is 1. The van der Waals surface area contributed by atoms with Crippen molar-refractivity contribution in [3.63, 3.8) is 0 Å². The molecule has 2 nitrogen and oxygen atoms in total. The lowest BCUT2D eigenvalue weighted by Gasteiger charge is -2.18. The molecule has 0 amide bonds. The topological polar surface area (TPSA) is 28.7 Å². The quantitative estimate of drug-likeness (QED) is 0.256. The van der Waals surface area contributed by atoms with E-state index < -0.39 is 0 Å². The molecule has 0 aliphatic heterocycles. The van der Waals surface area contributed by atoms with Crippen molar-refractivity contribution in [2.24, 2.45) is 0 Å². The highest BCUT2D eigenvalue weighted by Gasteiger charge is 2.16. The molecule has 4 rings (SSSR count). The predicted molar refractivity (Wildman–Crippen MR) is 143 cm³/mol. The summed E-state index contributed by atoms with van der Waals surface area (Å²) in [6.45, 7) is 2.09. The lowest BCUT2D eigenvalue weighted by molar-refractivity contribution is 0.920. The van der Waals surface area contributed by atoms with Gasteiger partial charge in [0.05, 0.1) is 7.85 Å². The molecule has 0 saturated heterocycles. The maximum Gasteiger partial charge on any atom is 0.110 e. The normalized spacial score (nSPS) is 10.7. The number of hydrogen-bond donors (Lipinski definition) is 1. The molecule has 168 valence electrons. The van der Waals surface area contributed by atoms with Crippen LogP contribution in [0.3, 0.4) is 0 Å². The largest absolute Gasteiger partial charge is 0.346 e. The van der Waals surface area contributed by atoms with E-state index in [9.17, 15) is 0 Å². The van der Waals surface area contributed by atoms with Crippen LogP contribution < -0.4 is 0 Å². The fourth-order valence-electron chi connectivity index (χ4n) is 3.46. The van der Waals surface area contributed by atoms with E-state index in [1.807, 2.05) is 66.9 Å². The van der Waals surface area contributed by atoms with Gasteiger partial charge in [-0.3, -0.25) is 0 Å². The summed E-state index contributed by atoms with van der Waals surface area (Å²) in [6.07, 6.45) is 4.00. The van der Waals surface area contributed by atoms with Gasteiger partial charge in [0, 0.05) is 44.3 Å². The molecule has 1 N–H and O–H groups in total. The van der Waals surface area contributed by atoms with Gasteiger partial charge in [-0.05, 0) is 47.4 Å². The Morgan fingerprint density at radius 3 is 1.94 bits per heavy atom. The first-order valence-electron chi connectivity index (χ1n) is 10.6. The second kappa shape index (κ2) is 12.5. The van der Waals surface area contributed by atoms with Crippen LogP contribution in [0.4, 0.5) is 0 Å². The summed E-state index contributed by atoms with van der Waals surface area (Å²) in [5.74, 6) is 0.971. The SMILES string of the molecule is CCc1cnc(Cc2ccc(Cl)cc2Cl)[nH]1.[B]CC(c1ccccc1Cl)c1ccccc1Cl. The van der Waals surface area contributed by atoms with Crippen LogP contribution in [0.2, 0.25) is 26.4 Å². The number of aromatic amines is 1. The minimum absolute atomic E-state index is 0.0393. The number of H-pyrrole nitrogens is 1. The lowest BCUT2D eigenvalue weighted by Crippen LogP contribution is -2.02. The van der Waals surface area contributed by atoms with E-state index >= 15 is 0 Å². The second-order valence-electron chi connectivity index (χ2n) is 7.45. The zero-order valence-electron chi connectivity index (χ0n) is 18.2. The first-order valence-corrected chi connectivity index (χ1v) is 12.1. The zero-order chi connectivity index (χ0) is 23.8. The maximum atomic E-state index is 6.20. The summed E-state index contributed by atoms with van der Waals surface area (Å²) in [4.78, 5) is 7.55. The number of rotatable bonds is 6. The number of nitrogens with zero attached hydrogens (tertiary/aromatic N) is 1. The second-order valence-corrected chi connectivity index (χ2v) is 9.11. The van der Waals surface area contributed by atoms with Crippen LogP contribution in [-0.4, -0.2) is 17.8 Å². The molecule has 7 heteroatoms. The number of hydrogen-bond acceptors (Lipinski definition) is 1. The molecule has 0 aliphatic carbocycles. The molecule has 2 radical (unpaired) electrons. The minimum Gasteiger partial charge on any atom is -0.346 e. The third-order valence-electron chi connectivity index (χ3n) is 5.23. The van der Waals surface area contributed by atoms with Gasteiger partial charge < -0.3 is 4.98 Å². The van der Waals surface area contributed by atoms with Crippen LogP contribution in [0.15, 0.2) is 72.9 Å². The average Bonchev–Trinajstić information content (AvgIpc) is 3.27. The number of aromatic nitrogens is 2. The number of aryl methyl sites for hydroxylation is 1. The van der Waals surface area contributed by atoms with Gasteiger partial charge in [-0.2, -0.15) is 0 Å². The Kier molecular flexibility index (Phi) is 9.76. The molecule has 4 aromatic rings. The number of halogens is 4. The summed E-state index contributed by atoms with van der Waals surface area (Å²) in [6, 6.07) is 21.0. The molecule has 0 unspecified atom stereocenters. The van der Waals surface area contributed by atoms with E-state index in [4.69, 9.17) is 54.3 Å². The first kappa shape index (κ1) is 25.7. The minimum atomic E-state index is 0.0393.